The van der Waals surface area contributed by atoms with Crippen LogP contribution in [0.4, 0.5) is 11.5 Å². The number of nitrogens with one attached hydrogen (secondary N) is 2. The first-order chi connectivity index (χ1) is 7.47. The highest BCUT2D eigenvalue weighted by Crippen LogP contribution is 2.30. The molecule has 0 saturated heterocycles. The number of hydrogen-bond acceptors (Lipinski definition) is 3. The number of hydrogen-bond donors (Lipinski definition) is 2. The van der Waals surface area contributed by atoms with Gasteiger partial charge < -0.3 is 10.6 Å². The molecule has 2 rings (SSSR count). The van der Waals surface area contributed by atoms with Gasteiger partial charge in [-0.1, -0.05) is 20.8 Å². The lowest BCUT2D eigenvalue weighted by molar-refractivity contribution is 0.332. The summed E-state index contributed by atoms with van der Waals surface area (Å²) in [5.41, 5.74) is 2.59. The van der Waals surface area contributed by atoms with Gasteiger partial charge in [0.2, 0.25) is 0 Å². The van der Waals surface area contributed by atoms with E-state index in [1.807, 2.05) is 6.20 Å². The van der Waals surface area contributed by atoms with Crippen LogP contribution in [0.3, 0.4) is 0 Å². The molecule has 1 aromatic rings. The summed E-state index contributed by atoms with van der Waals surface area (Å²) in [5.74, 6) is 0.989. The lowest BCUT2D eigenvalue weighted by Crippen LogP contribution is -2.34. The number of aryl methyl sites for hydroxylation is 1. The van der Waals surface area contributed by atoms with E-state index in [0.29, 0.717) is 6.04 Å². The molecule has 0 saturated carbocycles. The summed E-state index contributed by atoms with van der Waals surface area (Å²) in [7, 11) is 0. The average Bonchev–Trinajstić information content (AvgIpc) is 2.38. The van der Waals surface area contributed by atoms with Crippen LogP contribution < -0.4 is 10.6 Å². The molecule has 1 aliphatic rings. The van der Waals surface area contributed by atoms with Crippen molar-refractivity contribution in [1.29, 1.82) is 0 Å². The van der Waals surface area contributed by atoms with E-state index in [1.165, 1.54) is 5.56 Å². The van der Waals surface area contributed by atoms with Gasteiger partial charge in [-0.05, 0) is 30.4 Å². The van der Waals surface area contributed by atoms with Crippen molar-refractivity contribution in [3.63, 3.8) is 0 Å². The van der Waals surface area contributed by atoms with Gasteiger partial charge in [-0.25, -0.2) is 4.98 Å². The third-order valence-corrected chi connectivity index (χ3v) is 3.13. The van der Waals surface area contributed by atoms with Crippen LogP contribution in [0, 0.1) is 12.3 Å². The van der Waals surface area contributed by atoms with Gasteiger partial charge in [0, 0.05) is 18.8 Å². The van der Waals surface area contributed by atoms with Crippen molar-refractivity contribution in [1.82, 2.24) is 4.98 Å². The largest absolute Gasteiger partial charge is 0.382 e. The molecule has 88 valence electrons. The average molecular weight is 219 g/mol. The second-order valence-corrected chi connectivity index (χ2v) is 5.69. The summed E-state index contributed by atoms with van der Waals surface area (Å²) in [6.07, 6.45) is 3.04. The summed E-state index contributed by atoms with van der Waals surface area (Å²) < 4.78 is 0. The molecule has 2 heterocycles. The van der Waals surface area contributed by atoms with Gasteiger partial charge in [-0.3, -0.25) is 0 Å². The molecule has 16 heavy (non-hydrogen) atoms. The number of rotatable bonds is 0. The topological polar surface area (TPSA) is 37.0 Å². The smallest absolute Gasteiger partial charge is 0.149 e. The molecule has 1 atom stereocenters. The van der Waals surface area contributed by atoms with Crippen molar-refractivity contribution in [2.45, 2.75) is 40.2 Å². The van der Waals surface area contributed by atoms with E-state index in [0.717, 1.165) is 24.5 Å². The Morgan fingerprint density at radius 3 is 2.81 bits per heavy atom. The summed E-state index contributed by atoms with van der Waals surface area (Å²) in [6.45, 7) is 9.88. The van der Waals surface area contributed by atoms with Crippen molar-refractivity contribution >= 4 is 11.5 Å². The SMILES string of the molecule is Cc1cnc2c(c1)NCCC(C(C)(C)C)N2. The zero-order chi connectivity index (χ0) is 11.8. The van der Waals surface area contributed by atoms with E-state index in [9.17, 15) is 0 Å². The monoisotopic (exact) mass is 219 g/mol. The highest BCUT2D eigenvalue weighted by atomic mass is 15.1. The molecule has 0 aromatic carbocycles. The molecule has 1 unspecified atom stereocenters. The van der Waals surface area contributed by atoms with Gasteiger partial charge in [0.15, 0.2) is 0 Å². The second kappa shape index (κ2) is 3.96. The summed E-state index contributed by atoms with van der Waals surface area (Å²) in [5, 5.41) is 7.00. The van der Waals surface area contributed by atoms with Crippen LogP contribution in [0.2, 0.25) is 0 Å². The van der Waals surface area contributed by atoms with Gasteiger partial charge in [-0.2, -0.15) is 0 Å². The molecule has 0 bridgehead atoms. The Morgan fingerprint density at radius 1 is 1.38 bits per heavy atom. The van der Waals surface area contributed by atoms with E-state index in [-0.39, 0.29) is 5.41 Å². The minimum Gasteiger partial charge on any atom is -0.382 e. The molecule has 0 radical (unpaired) electrons. The maximum atomic E-state index is 4.47. The van der Waals surface area contributed by atoms with Crippen molar-refractivity contribution in [3.8, 4) is 0 Å². The van der Waals surface area contributed by atoms with Crippen LogP contribution in [-0.2, 0) is 0 Å². The van der Waals surface area contributed by atoms with Gasteiger partial charge in [0.25, 0.3) is 0 Å². The number of nitrogens with zero attached hydrogens (tertiary/aromatic N) is 1. The number of anilines is 2. The van der Waals surface area contributed by atoms with E-state index in [4.69, 9.17) is 0 Å². The third kappa shape index (κ3) is 2.29. The quantitative estimate of drug-likeness (QED) is 0.704. The molecule has 3 nitrogen and oxygen atoms in total. The Balaban J connectivity index is 2.28. The second-order valence-electron chi connectivity index (χ2n) is 5.69. The fourth-order valence-electron chi connectivity index (χ4n) is 2.06. The van der Waals surface area contributed by atoms with Crippen LogP contribution in [0.25, 0.3) is 0 Å². The molecular formula is C13H21N3. The molecule has 0 aliphatic carbocycles. The lowest BCUT2D eigenvalue weighted by Gasteiger charge is -2.30. The highest BCUT2D eigenvalue weighted by molar-refractivity contribution is 5.66. The highest BCUT2D eigenvalue weighted by Gasteiger charge is 2.27. The summed E-state index contributed by atoms with van der Waals surface area (Å²) >= 11 is 0. The fraction of sp³-hybridized carbons (Fsp3) is 0.615. The van der Waals surface area contributed by atoms with Crippen LogP contribution >= 0.6 is 0 Å². The van der Waals surface area contributed by atoms with Gasteiger partial charge in [0.05, 0.1) is 5.69 Å². The molecule has 0 spiro atoms. The van der Waals surface area contributed by atoms with Crippen LogP contribution in [0.5, 0.6) is 0 Å². The van der Waals surface area contributed by atoms with Gasteiger partial charge >= 0.3 is 0 Å². The van der Waals surface area contributed by atoms with Crippen molar-refractivity contribution in [2.75, 3.05) is 17.2 Å². The number of fused-ring (bicyclic) bond motifs is 1. The summed E-state index contributed by atoms with van der Waals surface area (Å²) in [6, 6.07) is 2.62. The predicted molar refractivity (Wildman–Crippen MR) is 68.9 cm³/mol. The first-order valence-corrected chi connectivity index (χ1v) is 5.94. The first-order valence-electron chi connectivity index (χ1n) is 5.94. The summed E-state index contributed by atoms with van der Waals surface area (Å²) in [4.78, 5) is 4.47. The molecule has 0 amide bonds. The van der Waals surface area contributed by atoms with E-state index in [1.54, 1.807) is 0 Å². The fourth-order valence-corrected chi connectivity index (χ4v) is 2.06. The number of aromatic nitrogens is 1. The van der Waals surface area contributed by atoms with E-state index < -0.39 is 0 Å². The van der Waals surface area contributed by atoms with Crippen LogP contribution in [-0.4, -0.2) is 17.6 Å². The number of pyridine rings is 1. The molecule has 3 heteroatoms. The van der Waals surface area contributed by atoms with E-state index in [2.05, 4.69) is 49.4 Å². The molecule has 1 aromatic heterocycles. The van der Waals surface area contributed by atoms with Gasteiger partial charge in [-0.15, -0.1) is 0 Å². The Labute approximate surface area is 97.7 Å². The molecule has 1 aliphatic heterocycles. The zero-order valence-electron chi connectivity index (χ0n) is 10.6. The van der Waals surface area contributed by atoms with Crippen LogP contribution in [0.1, 0.15) is 32.8 Å². The van der Waals surface area contributed by atoms with E-state index >= 15 is 0 Å². The molecule has 0 fully saturated rings. The standard InChI is InChI=1S/C13H21N3/c1-9-7-10-12(15-8-9)16-11(5-6-14-10)13(2,3)4/h7-8,11,14H,5-6H2,1-4H3,(H,15,16). The Morgan fingerprint density at radius 2 is 2.12 bits per heavy atom. The molecule has 2 N–H and O–H groups in total. The minimum absolute atomic E-state index is 0.260. The van der Waals surface area contributed by atoms with Crippen molar-refractivity contribution in [3.05, 3.63) is 17.8 Å². The van der Waals surface area contributed by atoms with Gasteiger partial charge in [0.1, 0.15) is 5.82 Å². The van der Waals surface area contributed by atoms with Crippen molar-refractivity contribution in [2.24, 2.45) is 5.41 Å². The maximum Gasteiger partial charge on any atom is 0.149 e. The zero-order valence-corrected chi connectivity index (χ0v) is 10.6. The lowest BCUT2D eigenvalue weighted by atomic mass is 9.85. The maximum absolute atomic E-state index is 4.47. The predicted octanol–water partition coefficient (Wildman–Crippen LogP) is 3.03. The molecular weight excluding hydrogens is 198 g/mol. The van der Waals surface area contributed by atoms with Crippen molar-refractivity contribution < 1.29 is 0 Å². The Kier molecular flexibility index (Phi) is 2.78. The first kappa shape index (κ1) is 11.2. The normalized spacial score (nSPS) is 20.4. The minimum atomic E-state index is 0.260. The third-order valence-electron chi connectivity index (χ3n) is 3.13. The van der Waals surface area contributed by atoms with Crippen LogP contribution in [0.15, 0.2) is 12.3 Å². The Hall–Kier alpha value is -1.25. The Bertz CT molecular complexity index is 379.